The normalized spacial score (nSPS) is 31.4. The molecule has 1 spiro atoms. The summed E-state index contributed by atoms with van der Waals surface area (Å²) in [7, 11) is 0. The summed E-state index contributed by atoms with van der Waals surface area (Å²) < 4.78 is 0. The second-order valence-corrected chi connectivity index (χ2v) is 8.91. The van der Waals surface area contributed by atoms with Crippen LogP contribution in [0.2, 0.25) is 0 Å². The maximum absolute atomic E-state index is 10.5. The summed E-state index contributed by atoms with van der Waals surface area (Å²) in [4.78, 5) is 0. The van der Waals surface area contributed by atoms with Crippen molar-refractivity contribution in [1.82, 2.24) is 5.32 Å². The zero-order valence-corrected chi connectivity index (χ0v) is 15.5. The molecular weight excluding hydrogens is 270 g/mol. The topological polar surface area (TPSA) is 32.3 Å². The predicted molar refractivity (Wildman–Crippen MR) is 95.1 cm³/mol. The van der Waals surface area contributed by atoms with Gasteiger partial charge in [0.1, 0.15) is 0 Å². The lowest BCUT2D eigenvalue weighted by atomic mass is 9.64. The van der Waals surface area contributed by atoms with Crippen molar-refractivity contribution in [3.63, 3.8) is 0 Å². The molecule has 0 bridgehead atoms. The van der Waals surface area contributed by atoms with E-state index in [1.54, 1.807) is 0 Å². The molecule has 2 aliphatic rings. The number of aliphatic hydroxyl groups is 1. The Bertz CT molecular complexity index is 321. The van der Waals surface area contributed by atoms with Crippen molar-refractivity contribution in [3.05, 3.63) is 0 Å². The third-order valence-electron chi connectivity index (χ3n) is 6.34. The molecule has 1 saturated carbocycles. The van der Waals surface area contributed by atoms with Gasteiger partial charge in [0.25, 0.3) is 0 Å². The van der Waals surface area contributed by atoms with Crippen molar-refractivity contribution in [3.8, 4) is 0 Å². The van der Waals surface area contributed by atoms with E-state index in [-0.39, 0.29) is 11.6 Å². The maximum atomic E-state index is 10.5. The number of rotatable bonds is 2. The lowest BCUT2D eigenvalue weighted by molar-refractivity contribution is -0.0284. The van der Waals surface area contributed by atoms with Crippen LogP contribution in [0, 0.1) is 11.8 Å². The van der Waals surface area contributed by atoms with Crippen molar-refractivity contribution in [2.45, 2.75) is 116 Å². The van der Waals surface area contributed by atoms with Crippen molar-refractivity contribution in [2.24, 2.45) is 11.8 Å². The van der Waals surface area contributed by atoms with E-state index >= 15 is 0 Å². The number of nitrogens with one attached hydrogen (secondary N) is 1. The molecule has 2 atom stereocenters. The highest BCUT2D eigenvalue weighted by atomic mass is 16.3. The molecule has 1 heterocycles. The molecule has 0 aromatic carbocycles. The first-order chi connectivity index (χ1) is 10.4. The zero-order chi connectivity index (χ0) is 16.2. The Labute approximate surface area is 138 Å². The summed E-state index contributed by atoms with van der Waals surface area (Å²) in [5.41, 5.74) is -0.335. The first-order valence-corrected chi connectivity index (χ1v) is 9.85. The van der Waals surface area contributed by atoms with Crippen LogP contribution in [0.4, 0.5) is 0 Å². The molecule has 1 saturated heterocycles. The SMILES string of the molecule is CC(C)C1CCC(C(C)(C)O)NC12CCCCCCCCC2. The fraction of sp³-hybridized carbons (Fsp3) is 1.00. The van der Waals surface area contributed by atoms with Crippen LogP contribution in [0.25, 0.3) is 0 Å². The van der Waals surface area contributed by atoms with E-state index in [1.807, 2.05) is 13.8 Å². The monoisotopic (exact) mass is 309 g/mol. The van der Waals surface area contributed by atoms with Gasteiger partial charge in [0.05, 0.1) is 5.60 Å². The van der Waals surface area contributed by atoms with Crippen molar-refractivity contribution < 1.29 is 5.11 Å². The summed E-state index contributed by atoms with van der Waals surface area (Å²) in [5.74, 6) is 1.50. The van der Waals surface area contributed by atoms with Gasteiger partial charge in [0, 0.05) is 11.6 Å². The van der Waals surface area contributed by atoms with Gasteiger partial charge >= 0.3 is 0 Å². The largest absolute Gasteiger partial charge is 0.389 e. The Morgan fingerprint density at radius 2 is 1.41 bits per heavy atom. The number of hydrogen-bond acceptors (Lipinski definition) is 2. The highest BCUT2D eigenvalue weighted by molar-refractivity contribution is 5.04. The molecule has 22 heavy (non-hydrogen) atoms. The summed E-state index contributed by atoms with van der Waals surface area (Å²) in [6.45, 7) is 8.76. The summed E-state index contributed by atoms with van der Waals surface area (Å²) >= 11 is 0. The van der Waals surface area contributed by atoms with E-state index in [2.05, 4.69) is 19.2 Å². The number of hydrogen-bond donors (Lipinski definition) is 2. The molecule has 2 rings (SSSR count). The third-order valence-corrected chi connectivity index (χ3v) is 6.34. The molecule has 0 aromatic heterocycles. The molecule has 1 aliphatic carbocycles. The van der Waals surface area contributed by atoms with E-state index < -0.39 is 5.60 Å². The van der Waals surface area contributed by atoms with E-state index in [1.165, 1.54) is 64.2 Å². The lowest BCUT2D eigenvalue weighted by Crippen LogP contribution is -2.64. The lowest BCUT2D eigenvalue weighted by Gasteiger charge is -2.53. The summed E-state index contributed by atoms with van der Waals surface area (Å²) in [5, 5.41) is 14.6. The van der Waals surface area contributed by atoms with Crippen molar-refractivity contribution in [1.29, 1.82) is 0 Å². The van der Waals surface area contributed by atoms with Crippen LogP contribution in [-0.4, -0.2) is 22.3 Å². The fourth-order valence-electron chi connectivity index (χ4n) is 5.05. The average Bonchev–Trinajstić information content (AvgIpc) is 2.44. The molecule has 0 radical (unpaired) electrons. The van der Waals surface area contributed by atoms with Crippen LogP contribution in [0.15, 0.2) is 0 Å². The zero-order valence-electron chi connectivity index (χ0n) is 15.5. The van der Waals surface area contributed by atoms with Crippen molar-refractivity contribution in [2.75, 3.05) is 0 Å². The second kappa shape index (κ2) is 7.66. The Morgan fingerprint density at radius 1 is 0.909 bits per heavy atom. The Kier molecular flexibility index (Phi) is 6.36. The Morgan fingerprint density at radius 3 is 1.86 bits per heavy atom. The van der Waals surface area contributed by atoms with Gasteiger partial charge in [-0.3, -0.25) is 0 Å². The Balaban J connectivity index is 2.19. The van der Waals surface area contributed by atoms with Crippen LogP contribution >= 0.6 is 0 Å². The van der Waals surface area contributed by atoms with Crippen LogP contribution in [-0.2, 0) is 0 Å². The molecule has 0 aromatic rings. The Hall–Kier alpha value is -0.0800. The molecule has 130 valence electrons. The van der Waals surface area contributed by atoms with Crippen LogP contribution in [0.3, 0.4) is 0 Å². The van der Waals surface area contributed by atoms with E-state index in [0.29, 0.717) is 0 Å². The predicted octanol–water partition coefficient (Wildman–Crippen LogP) is 5.04. The summed E-state index contributed by atoms with van der Waals surface area (Å²) in [6.07, 6.45) is 14.8. The molecular formula is C20H39NO. The smallest absolute Gasteiger partial charge is 0.0744 e. The highest BCUT2D eigenvalue weighted by Crippen LogP contribution is 2.43. The van der Waals surface area contributed by atoms with Crippen LogP contribution in [0.1, 0.15) is 98.3 Å². The van der Waals surface area contributed by atoms with Gasteiger partial charge in [0.2, 0.25) is 0 Å². The molecule has 0 amide bonds. The minimum atomic E-state index is -0.607. The molecule has 2 heteroatoms. The van der Waals surface area contributed by atoms with Crippen LogP contribution < -0.4 is 5.32 Å². The van der Waals surface area contributed by atoms with Crippen molar-refractivity contribution >= 4 is 0 Å². The molecule has 2 unspecified atom stereocenters. The first-order valence-electron chi connectivity index (χ1n) is 9.85. The molecule has 2 nitrogen and oxygen atoms in total. The number of piperidine rings is 1. The van der Waals surface area contributed by atoms with E-state index in [4.69, 9.17) is 0 Å². The fourth-order valence-corrected chi connectivity index (χ4v) is 5.05. The molecule has 1 aliphatic heterocycles. The van der Waals surface area contributed by atoms with Gasteiger partial charge in [-0.15, -0.1) is 0 Å². The maximum Gasteiger partial charge on any atom is 0.0744 e. The van der Waals surface area contributed by atoms with Gasteiger partial charge in [-0.1, -0.05) is 58.8 Å². The quantitative estimate of drug-likeness (QED) is 0.748. The van der Waals surface area contributed by atoms with E-state index in [9.17, 15) is 5.11 Å². The average molecular weight is 310 g/mol. The van der Waals surface area contributed by atoms with E-state index in [0.717, 1.165) is 18.3 Å². The molecule has 2 fully saturated rings. The van der Waals surface area contributed by atoms with Gasteiger partial charge < -0.3 is 10.4 Å². The van der Waals surface area contributed by atoms with Gasteiger partial charge in [-0.2, -0.15) is 0 Å². The van der Waals surface area contributed by atoms with Crippen LogP contribution in [0.5, 0.6) is 0 Å². The second-order valence-electron chi connectivity index (χ2n) is 8.91. The minimum absolute atomic E-state index is 0.255. The van der Waals surface area contributed by atoms with Gasteiger partial charge in [-0.05, 0) is 51.4 Å². The van der Waals surface area contributed by atoms with Gasteiger partial charge in [0.15, 0.2) is 0 Å². The highest BCUT2D eigenvalue weighted by Gasteiger charge is 2.46. The van der Waals surface area contributed by atoms with Gasteiger partial charge in [-0.25, -0.2) is 0 Å². The summed E-state index contributed by atoms with van der Waals surface area (Å²) in [6, 6.07) is 0.255. The molecule has 2 N–H and O–H groups in total. The first kappa shape index (κ1) is 18.3. The third kappa shape index (κ3) is 4.47. The standard InChI is InChI=1S/C20H39NO/c1-16(2)17-12-13-18(19(3,4)22)21-20(17)14-10-8-6-5-7-9-11-15-20/h16-18,21-22H,5-15H2,1-4H3. The minimum Gasteiger partial charge on any atom is -0.389 e.